The van der Waals surface area contributed by atoms with Gasteiger partial charge in [0.15, 0.2) is 0 Å². The molecule has 0 heterocycles. The summed E-state index contributed by atoms with van der Waals surface area (Å²) in [5.74, 6) is 0.187. The number of amides is 1. The van der Waals surface area contributed by atoms with Gasteiger partial charge in [-0.1, -0.05) is 36.8 Å². The highest BCUT2D eigenvalue weighted by atomic mass is 16.5. The number of rotatable bonds is 6. The van der Waals surface area contributed by atoms with Gasteiger partial charge in [0.25, 0.3) is 0 Å². The number of ether oxygens (including phenoxy) is 1. The second-order valence-corrected chi connectivity index (χ2v) is 6.72. The Bertz CT molecular complexity index is 703. The molecule has 2 aromatic carbocycles. The Morgan fingerprint density at radius 1 is 1.12 bits per heavy atom. The van der Waals surface area contributed by atoms with E-state index in [4.69, 9.17) is 10.5 Å². The van der Waals surface area contributed by atoms with Crippen molar-refractivity contribution in [1.29, 1.82) is 0 Å². The number of aliphatic hydroxyl groups excluding tert-OH is 1. The van der Waals surface area contributed by atoms with Crippen LogP contribution in [-0.4, -0.2) is 29.8 Å². The van der Waals surface area contributed by atoms with Gasteiger partial charge in [-0.2, -0.15) is 0 Å². The minimum Gasteiger partial charge on any atom is -0.488 e. The van der Waals surface area contributed by atoms with E-state index >= 15 is 0 Å². The molecule has 0 bridgehead atoms. The van der Waals surface area contributed by atoms with E-state index in [-0.39, 0.29) is 24.5 Å². The Kier molecular flexibility index (Phi) is 6.26. The first-order valence-electron chi connectivity index (χ1n) is 9.18. The Morgan fingerprint density at radius 3 is 2.46 bits per heavy atom. The Balaban J connectivity index is 1.60. The second-order valence-electron chi connectivity index (χ2n) is 6.72. The Hall–Kier alpha value is -2.37. The summed E-state index contributed by atoms with van der Waals surface area (Å²) in [6.07, 6.45) is 3.24. The van der Waals surface area contributed by atoms with E-state index < -0.39 is 6.10 Å². The lowest BCUT2D eigenvalue weighted by Crippen LogP contribution is -2.34. The lowest BCUT2D eigenvalue weighted by Gasteiger charge is -2.28. The highest BCUT2D eigenvalue weighted by Crippen LogP contribution is 2.25. The molecular weight excluding hydrogens is 328 g/mol. The molecule has 1 aliphatic rings. The summed E-state index contributed by atoms with van der Waals surface area (Å²) in [5.41, 5.74) is 7.39. The van der Waals surface area contributed by atoms with E-state index in [0.29, 0.717) is 11.4 Å². The van der Waals surface area contributed by atoms with Gasteiger partial charge in [-0.05, 0) is 49.1 Å². The highest BCUT2D eigenvalue weighted by molar-refractivity contribution is 5.96. The number of carbonyl (C=O) groups is 1. The van der Waals surface area contributed by atoms with Crippen molar-refractivity contribution < 1.29 is 14.6 Å². The summed E-state index contributed by atoms with van der Waals surface area (Å²) in [7, 11) is 0. The van der Waals surface area contributed by atoms with E-state index in [1.165, 1.54) is 0 Å². The van der Waals surface area contributed by atoms with Crippen molar-refractivity contribution in [2.75, 3.05) is 11.9 Å². The molecule has 1 amide bonds. The van der Waals surface area contributed by atoms with Crippen molar-refractivity contribution in [3.05, 3.63) is 60.2 Å². The predicted molar refractivity (Wildman–Crippen MR) is 102 cm³/mol. The van der Waals surface area contributed by atoms with E-state index in [9.17, 15) is 9.90 Å². The monoisotopic (exact) mass is 354 g/mol. The first-order chi connectivity index (χ1) is 12.7. The molecule has 3 atom stereocenters. The highest BCUT2D eigenvalue weighted by Gasteiger charge is 2.24. The minimum absolute atomic E-state index is 0.130. The fourth-order valence-corrected chi connectivity index (χ4v) is 3.32. The lowest BCUT2D eigenvalue weighted by atomic mass is 9.95. The fourth-order valence-electron chi connectivity index (χ4n) is 3.32. The van der Waals surface area contributed by atoms with E-state index in [1.807, 2.05) is 42.5 Å². The van der Waals surface area contributed by atoms with E-state index in [1.54, 1.807) is 12.1 Å². The number of benzene rings is 2. The molecule has 2 aromatic rings. The van der Waals surface area contributed by atoms with Gasteiger partial charge in [-0.15, -0.1) is 0 Å². The van der Waals surface area contributed by atoms with Gasteiger partial charge in [0, 0.05) is 12.2 Å². The zero-order chi connectivity index (χ0) is 18.4. The maximum Gasteiger partial charge on any atom is 0.233 e. The number of anilines is 1. The Morgan fingerprint density at radius 2 is 1.81 bits per heavy atom. The van der Waals surface area contributed by atoms with Crippen LogP contribution in [0.2, 0.25) is 0 Å². The minimum atomic E-state index is -0.403. The average molecular weight is 354 g/mol. The topological polar surface area (TPSA) is 84.6 Å². The van der Waals surface area contributed by atoms with Gasteiger partial charge < -0.3 is 20.9 Å². The smallest absolute Gasteiger partial charge is 0.233 e. The zero-order valence-electron chi connectivity index (χ0n) is 14.8. The summed E-state index contributed by atoms with van der Waals surface area (Å²) < 4.78 is 5.88. The molecular formula is C21H26N2O3. The average Bonchev–Trinajstić information content (AvgIpc) is 2.67. The summed E-state index contributed by atoms with van der Waals surface area (Å²) in [6.45, 7) is 0.247. The largest absolute Gasteiger partial charge is 0.488 e. The van der Waals surface area contributed by atoms with Gasteiger partial charge in [0.1, 0.15) is 11.9 Å². The number of carbonyl (C=O) groups excluding carboxylic acids is 1. The molecule has 1 aliphatic carbocycles. The fraction of sp³-hybridized carbons (Fsp3) is 0.381. The summed E-state index contributed by atoms with van der Waals surface area (Å²) in [5, 5.41) is 12.9. The maximum atomic E-state index is 12.5. The van der Waals surface area contributed by atoms with Crippen LogP contribution in [0.25, 0.3) is 0 Å². The maximum absolute atomic E-state index is 12.5. The molecule has 138 valence electrons. The number of nitrogens with one attached hydrogen (secondary N) is 1. The summed E-state index contributed by atoms with van der Waals surface area (Å²) in [4.78, 5) is 12.5. The van der Waals surface area contributed by atoms with Crippen molar-refractivity contribution >= 4 is 11.6 Å². The van der Waals surface area contributed by atoms with Crippen LogP contribution in [0.5, 0.6) is 5.75 Å². The number of aliphatic hydroxyl groups is 1. The second kappa shape index (κ2) is 8.83. The number of hydrogen-bond donors (Lipinski definition) is 3. The molecule has 0 spiro atoms. The van der Waals surface area contributed by atoms with Crippen LogP contribution in [0, 0.1) is 0 Å². The third kappa shape index (κ3) is 4.62. The molecule has 0 radical (unpaired) electrons. The first-order valence-corrected chi connectivity index (χ1v) is 9.18. The predicted octanol–water partition coefficient (Wildman–Crippen LogP) is 3.05. The van der Waals surface area contributed by atoms with Crippen LogP contribution in [-0.2, 0) is 4.79 Å². The molecule has 4 N–H and O–H groups in total. The van der Waals surface area contributed by atoms with Crippen LogP contribution >= 0.6 is 0 Å². The van der Waals surface area contributed by atoms with Crippen molar-refractivity contribution in [2.45, 2.75) is 43.8 Å². The van der Waals surface area contributed by atoms with Gasteiger partial charge >= 0.3 is 0 Å². The van der Waals surface area contributed by atoms with Crippen LogP contribution in [0.4, 0.5) is 5.69 Å². The lowest BCUT2D eigenvalue weighted by molar-refractivity contribution is -0.117. The van der Waals surface area contributed by atoms with Crippen molar-refractivity contribution in [3.8, 4) is 5.75 Å². The van der Waals surface area contributed by atoms with Gasteiger partial charge in [-0.3, -0.25) is 4.79 Å². The van der Waals surface area contributed by atoms with Crippen LogP contribution in [0.1, 0.15) is 37.2 Å². The van der Waals surface area contributed by atoms with Crippen LogP contribution < -0.4 is 15.8 Å². The third-order valence-corrected chi connectivity index (χ3v) is 4.83. The van der Waals surface area contributed by atoms with Crippen LogP contribution in [0.15, 0.2) is 54.6 Å². The molecule has 3 rings (SSSR count). The normalized spacial score (nSPS) is 21.0. The van der Waals surface area contributed by atoms with Crippen molar-refractivity contribution in [3.63, 3.8) is 0 Å². The van der Waals surface area contributed by atoms with E-state index in [2.05, 4.69) is 5.32 Å². The number of hydrogen-bond acceptors (Lipinski definition) is 4. The zero-order valence-corrected chi connectivity index (χ0v) is 14.8. The molecule has 0 aliphatic heterocycles. The first kappa shape index (κ1) is 18.4. The van der Waals surface area contributed by atoms with Gasteiger partial charge in [-0.25, -0.2) is 0 Å². The summed E-state index contributed by atoms with van der Waals surface area (Å²) >= 11 is 0. The molecule has 5 heteroatoms. The molecule has 0 saturated heterocycles. The van der Waals surface area contributed by atoms with Crippen LogP contribution in [0.3, 0.4) is 0 Å². The molecule has 5 nitrogen and oxygen atoms in total. The SMILES string of the molecule is NCC(C(=O)Nc1ccc(OC2CCCCC2O)cc1)c1ccccc1. The quantitative estimate of drug-likeness (QED) is 0.744. The molecule has 0 aromatic heterocycles. The van der Waals surface area contributed by atoms with Gasteiger partial charge in [0.05, 0.1) is 12.0 Å². The van der Waals surface area contributed by atoms with Crippen molar-refractivity contribution in [2.24, 2.45) is 5.73 Å². The number of nitrogens with two attached hydrogens (primary N) is 1. The molecule has 3 unspecified atom stereocenters. The third-order valence-electron chi connectivity index (χ3n) is 4.83. The Labute approximate surface area is 154 Å². The summed E-state index contributed by atoms with van der Waals surface area (Å²) in [6, 6.07) is 16.8. The van der Waals surface area contributed by atoms with E-state index in [0.717, 1.165) is 31.2 Å². The van der Waals surface area contributed by atoms with Gasteiger partial charge in [0.2, 0.25) is 5.91 Å². The molecule has 26 heavy (non-hydrogen) atoms. The standard InChI is InChI=1S/C21H26N2O3/c22-14-18(15-6-2-1-3-7-15)21(25)23-16-10-12-17(13-11-16)26-20-9-5-4-8-19(20)24/h1-3,6-7,10-13,18-20,24H,4-5,8-9,14,22H2,(H,23,25). The molecule has 1 saturated carbocycles. The van der Waals surface area contributed by atoms with Crippen molar-refractivity contribution in [1.82, 2.24) is 0 Å². The molecule has 1 fully saturated rings.